The summed E-state index contributed by atoms with van der Waals surface area (Å²) in [6.45, 7) is 13.6. The van der Waals surface area contributed by atoms with Crippen LogP contribution in [0.5, 0.6) is 0 Å². The van der Waals surface area contributed by atoms with E-state index in [9.17, 15) is 4.79 Å². The Kier molecular flexibility index (Phi) is 5.53. The highest BCUT2D eigenvalue weighted by Gasteiger charge is 2.36. The maximum atomic E-state index is 11.7. The molecular formula is C14H26N2O3Si. The van der Waals surface area contributed by atoms with Gasteiger partial charge in [-0.2, -0.15) is 0 Å². The SMILES string of the molecule is C[C@H](CCO[Si](C)(C)C(C)(C)C)OC(=O)n1ccnc1. The van der Waals surface area contributed by atoms with Gasteiger partial charge in [0.2, 0.25) is 0 Å². The van der Waals surface area contributed by atoms with Gasteiger partial charge in [-0.05, 0) is 25.1 Å². The number of hydrogen-bond acceptors (Lipinski definition) is 4. The van der Waals surface area contributed by atoms with Crippen molar-refractivity contribution < 1.29 is 14.0 Å². The van der Waals surface area contributed by atoms with Crippen molar-refractivity contribution >= 4 is 14.4 Å². The van der Waals surface area contributed by atoms with Crippen molar-refractivity contribution in [3.8, 4) is 0 Å². The first-order chi connectivity index (χ1) is 9.13. The third-order valence-corrected chi connectivity index (χ3v) is 8.35. The van der Waals surface area contributed by atoms with E-state index < -0.39 is 14.4 Å². The third-order valence-electron chi connectivity index (χ3n) is 3.81. The van der Waals surface area contributed by atoms with Crippen LogP contribution in [0.1, 0.15) is 34.1 Å². The van der Waals surface area contributed by atoms with Gasteiger partial charge in [-0.25, -0.2) is 14.3 Å². The lowest BCUT2D eigenvalue weighted by molar-refractivity contribution is 0.0924. The Morgan fingerprint density at radius 1 is 1.40 bits per heavy atom. The van der Waals surface area contributed by atoms with Gasteiger partial charge in [0.1, 0.15) is 12.4 Å². The highest BCUT2D eigenvalue weighted by Crippen LogP contribution is 2.36. The second kappa shape index (κ2) is 6.54. The lowest BCUT2D eigenvalue weighted by Crippen LogP contribution is -2.41. The molecule has 1 rings (SSSR count). The van der Waals surface area contributed by atoms with Crippen LogP contribution >= 0.6 is 0 Å². The summed E-state index contributed by atoms with van der Waals surface area (Å²) in [5.74, 6) is 0. The van der Waals surface area contributed by atoms with Gasteiger partial charge < -0.3 is 9.16 Å². The van der Waals surface area contributed by atoms with E-state index in [0.717, 1.165) is 0 Å². The van der Waals surface area contributed by atoms with Crippen LogP contribution in [0.4, 0.5) is 4.79 Å². The quantitative estimate of drug-likeness (QED) is 0.778. The summed E-state index contributed by atoms with van der Waals surface area (Å²) in [7, 11) is -1.72. The molecule has 0 fully saturated rings. The van der Waals surface area contributed by atoms with Crippen molar-refractivity contribution in [3.05, 3.63) is 18.7 Å². The maximum Gasteiger partial charge on any atom is 0.419 e. The molecule has 0 unspecified atom stereocenters. The summed E-state index contributed by atoms with van der Waals surface area (Å²) in [6, 6.07) is 0. The Hall–Kier alpha value is -1.14. The summed E-state index contributed by atoms with van der Waals surface area (Å²) >= 11 is 0. The van der Waals surface area contributed by atoms with E-state index in [4.69, 9.17) is 9.16 Å². The van der Waals surface area contributed by atoms with E-state index >= 15 is 0 Å². The Bertz CT molecular complexity index is 424. The standard InChI is InChI=1S/C14H26N2O3Si/c1-12(19-13(17)16-9-8-15-11-16)7-10-18-20(5,6)14(2,3)4/h8-9,11-12H,7,10H2,1-6H3/t12-/m1/s1. The third kappa shape index (κ3) is 4.75. The Morgan fingerprint density at radius 3 is 2.55 bits per heavy atom. The van der Waals surface area contributed by atoms with Gasteiger partial charge in [0, 0.05) is 25.4 Å². The monoisotopic (exact) mass is 298 g/mol. The molecule has 0 aliphatic heterocycles. The Balaban J connectivity index is 2.34. The Morgan fingerprint density at radius 2 is 2.05 bits per heavy atom. The largest absolute Gasteiger partial charge is 0.446 e. The van der Waals surface area contributed by atoms with Crippen molar-refractivity contribution in [2.75, 3.05) is 6.61 Å². The number of ether oxygens (including phenoxy) is 1. The van der Waals surface area contributed by atoms with Crippen LogP contribution in [0.2, 0.25) is 18.1 Å². The highest BCUT2D eigenvalue weighted by molar-refractivity contribution is 6.74. The normalized spacial score (nSPS) is 14.1. The molecule has 0 bridgehead atoms. The molecule has 114 valence electrons. The van der Waals surface area contributed by atoms with Crippen molar-refractivity contribution in [3.63, 3.8) is 0 Å². The zero-order valence-corrected chi connectivity index (χ0v) is 14.3. The van der Waals surface area contributed by atoms with Gasteiger partial charge in [-0.15, -0.1) is 0 Å². The minimum Gasteiger partial charge on any atom is -0.446 e. The lowest BCUT2D eigenvalue weighted by atomic mass is 10.2. The van der Waals surface area contributed by atoms with Crippen LogP contribution in [0, 0.1) is 0 Å². The van der Waals surface area contributed by atoms with Crippen LogP contribution in [0.15, 0.2) is 18.7 Å². The number of carbonyl (C=O) groups excluding carboxylic acids is 1. The van der Waals surface area contributed by atoms with Crippen molar-refractivity contribution in [2.24, 2.45) is 0 Å². The first-order valence-corrected chi connectivity index (χ1v) is 9.87. The molecule has 1 heterocycles. The molecule has 0 amide bonds. The fourth-order valence-electron chi connectivity index (χ4n) is 1.36. The molecule has 0 saturated carbocycles. The number of carbonyl (C=O) groups is 1. The van der Waals surface area contributed by atoms with E-state index in [1.807, 2.05) is 6.92 Å². The first kappa shape index (κ1) is 16.9. The molecule has 6 heteroatoms. The predicted octanol–water partition coefficient (Wildman–Crippen LogP) is 3.67. The van der Waals surface area contributed by atoms with E-state index in [0.29, 0.717) is 13.0 Å². The van der Waals surface area contributed by atoms with Crippen LogP contribution in [-0.4, -0.2) is 36.7 Å². The van der Waals surface area contributed by atoms with Gasteiger partial charge in [0.15, 0.2) is 8.32 Å². The van der Waals surface area contributed by atoms with Gasteiger partial charge in [0.05, 0.1) is 0 Å². The van der Waals surface area contributed by atoms with Crippen LogP contribution in [0.25, 0.3) is 0 Å². The molecule has 0 N–H and O–H groups in total. The molecule has 0 spiro atoms. The number of hydrogen-bond donors (Lipinski definition) is 0. The zero-order valence-electron chi connectivity index (χ0n) is 13.3. The molecule has 1 aromatic heterocycles. The first-order valence-electron chi connectivity index (χ1n) is 6.96. The highest BCUT2D eigenvalue weighted by atomic mass is 28.4. The smallest absolute Gasteiger partial charge is 0.419 e. The lowest BCUT2D eigenvalue weighted by Gasteiger charge is -2.36. The van der Waals surface area contributed by atoms with Gasteiger partial charge in [0.25, 0.3) is 0 Å². The number of imidazole rings is 1. The summed E-state index contributed by atoms with van der Waals surface area (Å²) in [6.07, 6.45) is 4.68. The van der Waals surface area contributed by atoms with Crippen LogP contribution < -0.4 is 0 Å². The summed E-state index contributed by atoms with van der Waals surface area (Å²) in [4.78, 5) is 15.5. The topological polar surface area (TPSA) is 53.4 Å². The van der Waals surface area contributed by atoms with E-state index in [1.54, 1.807) is 12.4 Å². The van der Waals surface area contributed by atoms with Crippen LogP contribution in [0.3, 0.4) is 0 Å². The summed E-state index contributed by atoms with van der Waals surface area (Å²) in [5, 5.41) is 0.198. The molecule has 1 atom stereocenters. The van der Waals surface area contributed by atoms with Crippen molar-refractivity contribution in [1.82, 2.24) is 9.55 Å². The Labute approximate surface area is 122 Å². The van der Waals surface area contributed by atoms with Crippen LogP contribution in [-0.2, 0) is 9.16 Å². The van der Waals surface area contributed by atoms with Gasteiger partial charge in [-0.3, -0.25) is 0 Å². The molecule has 0 saturated heterocycles. The fraction of sp³-hybridized carbons (Fsp3) is 0.714. The number of aromatic nitrogens is 2. The molecule has 0 aliphatic carbocycles. The van der Waals surface area contributed by atoms with E-state index in [-0.39, 0.29) is 11.1 Å². The average molecular weight is 298 g/mol. The molecule has 20 heavy (non-hydrogen) atoms. The predicted molar refractivity (Wildman–Crippen MR) is 81.3 cm³/mol. The molecular weight excluding hydrogens is 272 g/mol. The van der Waals surface area contributed by atoms with Gasteiger partial charge in [-0.1, -0.05) is 20.8 Å². The van der Waals surface area contributed by atoms with Crippen molar-refractivity contribution in [2.45, 2.75) is 58.4 Å². The van der Waals surface area contributed by atoms with E-state index in [2.05, 4.69) is 38.8 Å². The average Bonchev–Trinajstić information content (AvgIpc) is 2.80. The minimum atomic E-state index is -1.72. The summed E-state index contributed by atoms with van der Waals surface area (Å²) in [5.41, 5.74) is 0. The maximum absolute atomic E-state index is 11.7. The van der Waals surface area contributed by atoms with Crippen molar-refractivity contribution in [1.29, 1.82) is 0 Å². The van der Waals surface area contributed by atoms with E-state index in [1.165, 1.54) is 10.9 Å². The zero-order chi connectivity index (χ0) is 15.4. The summed E-state index contributed by atoms with van der Waals surface area (Å²) < 4.78 is 12.7. The second-order valence-electron chi connectivity index (χ2n) is 6.56. The number of rotatable bonds is 5. The minimum absolute atomic E-state index is 0.172. The molecule has 0 aromatic carbocycles. The molecule has 1 aromatic rings. The fourth-order valence-corrected chi connectivity index (χ4v) is 2.42. The number of nitrogens with zero attached hydrogens (tertiary/aromatic N) is 2. The van der Waals surface area contributed by atoms with Gasteiger partial charge >= 0.3 is 6.09 Å². The molecule has 0 aliphatic rings. The molecule has 0 radical (unpaired) electrons. The molecule has 5 nitrogen and oxygen atoms in total. The second-order valence-corrected chi connectivity index (χ2v) is 11.4.